The Morgan fingerprint density at radius 2 is 1.83 bits per heavy atom. The normalized spacial score (nSPS) is 31.5. The molecule has 2 aliphatic heterocycles. The van der Waals surface area contributed by atoms with Crippen LogP contribution in [0, 0.1) is 0 Å². The minimum Gasteiger partial charge on any atom is -0.339 e. The molecule has 0 saturated carbocycles. The Morgan fingerprint density at radius 3 is 2.33 bits per heavy atom. The number of nitrogens with one attached hydrogen (secondary N) is 1. The quantitative estimate of drug-likeness (QED) is 0.750. The maximum absolute atomic E-state index is 12.4. The molecule has 0 aromatic rings. The van der Waals surface area contributed by atoms with E-state index in [4.69, 9.17) is 0 Å². The van der Waals surface area contributed by atoms with Crippen LogP contribution in [-0.4, -0.2) is 55.9 Å². The average molecular weight is 297 g/mol. The van der Waals surface area contributed by atoms with Crippen molar-refractivity contribution in [2.45, 2.75) is 31.7 Å². The standard InChI is InChI=1S/C11H20N2O3S.ClH/c1-11(4-2-3-5-12-11)10(14)13-6-8-17(15,16)9-7-13;/h12H,2-9H2,1H3;1H. The predicted octanol–water partition coefficient (Wildman–Crippen LogP) is 0.197. The van der Waals surface area contributed by atoms with E-state index in [1.807, 2.05) is 6.92 Å². The van der Waals surface area contributed by atoms with Crippen LogP contribution in [0.3, 0.4) is 0 Å². The number of carbonyl (C=O) groups excluding carboxylic acids is 1. The van der Waals surface area contributed by atoms with Crippen LogP contribution in [0.5, 0.6) is 0 Å². The molecule has 1 amide bonds. The van der Waals surface area contributed by atoms with Gasteiger partial charge in [0.2, 0.25) is 5.91 Å². The molecule has 1 unspecified atom stereocenters. The molecule has 1 atom stereocenters. The molecule has 2 aliphatic rings. The summed E-state index contributed by atoms with van der Waals surface area (Å²) in [6, 6.07) is 0. The molecule has 2 rings (SSSR count). The monoisotopic (exact) mass is 296 g/mol. The fourth-order valence-corrected chi connectivity index (χ4v) is 3.70. The van der Waals surface area contributed by atoms with Crippen molar-refractivity contribution in [1.82, 2.24) is 10.2 Å². The summed E-state index contributed by atoms with van der Waals surface area (Å²) in [5.74, 6) is 0.274. The molecule has 0 spiro atoms. The largest absolute Gasteiger partial charge is 0.339 e. The summed E-state index contributed by atoms with van der Waals surface area (Å²) in [4.78, 5) is 14.0. The SMILES string of the molecule is CC1(C(=O)N2CCS(=O)(=O)CC2)CCCCN1.Cl. The van der Waals surface area contributed by atoms with Crippen molar-refractivity contribution < 1.29 is 13.2 Å². The molecule has 5 nitrogen and oxygen atoms in total. The van der Waals surface area contributed by atoms with Gasteiger partial charge in [0.15, 0.2) is 9.84 Å². The van der Waals surface area contributed by atoms with E-state index in [2.05, 4.69) is 5.32 Å². The third-order valence-electron chi connectivity index (χ3n) is 3.72. The molecular formula is C11H21ClN2O3S. The Labute approximate surface area is 115 Å². The van der Waals surface area contributed by atoms with Crippen LogP contribution in [-0.2, 0) is 14.6 Å². The smallest absolute Gasteiger partial charge is 0.242 e. The zero-order chi connectivity index (χ0) is 12.5. The highest BCUT2D eigenvalue weighted by Gasteiger charge is 2.39. The Kier molecular flexibility index (Phi) is 5.03. The summed E-state index contributed by atoms with van der Waals surface area (Å²) in [6.07, 6.45) is 3.01. The highest BCUT2D eigenvalue weighted by molar-refractivity contribution is 7.91. The molecule has 106 valence electrons. The van der Waals surface area contributed by atoms with E-state index in [1.165, 1.54) is 0 Å². The maximum Gasteiger partial charge on any atom is 0.242 e. The zero-order valence-corrected chi connectivity index (χ0v) is 12.3. The Bertz CT molecular complexity index is 391. The molecule has 0 aromatic heterocycles. The van der Waals surface area contributed by atoms with Crippen molar-refractivity contribution in [2.75, 3.05) is 31.1 Å². The number of sulfone groups is 1. The van der Waals surface area contributed by atoms with Gasteiger partial charge in [0.1, 0.15) is 0 Å². The van der Waals surface area contributed by atoms with Crippen molar-refractivity contribution in [2.24, 2.45) is 0 Å². The zero-order valence-electron chi connectivity index (χ0n) is 10.6. The van der Waals surface area contributed by atoms with Crippen LogP contribution in [0.2, 0.25) is 0 Å². The molecule has 2 saturated heterocycles. The minimum atomic E-state index is -2.91. The lowest BCUT2D eigenvalue weighted by atomic mass is 9.89. The van der Waals surface area contributed by atoms with Gasteiger partial charge in [-0.1, -0.05) is 0 Å². The van der Waals surface area contributed by atoms with Crippen molar-refractivity contribution in [3.63, 3.8) is 0 Å². The first kappa shape index (κ1) is 15.7. The third kappa shape index (κ3) is 3.36. The molecule has 0 bridgehead atoms. The summed E-state index contributed by atoms with van der Waals surface area (Å²) in [6.45, 7) is 3.49. The van der Waals surface area contributed by atoms with Gasteiger partial charge >= 0.3 is 0 Å². The highest BCUT2D eigenvalue weighted by atomic mass is 35.5. The van der Waals surface area contributed by atoms with E-state index in [0.717, 1.165) is 25.8 Å². The van der Waals surface area contributed by atoms with Gasteiger partial charge in [-0.15, -0.1) is 12.4 Å². The molecular weight excluding hydrogens is 276 g/mol. The number of nitrogens with zero attached hydrogens (tertiary/aromatic N) is 1. The second-order valence-electron chi connectivity index (χ2n) is 5.16. The number of carbonyl (C=O) groups is 1. The second kappa shape index (κ2) is 5.75. The number of amides is 1. The van der Waals surface area contributed by atoms with E-state index in [0.29, 0.717) is 13.1 Å². The first-order valence-corrected chi connectivity index (χ1v) is 8.00. The summed E-state index contributed by atoms with van der Waals surface area (Å²) in [7, 11) is -2.91. The van der Waals surface area contributed by atoms with E-state index >= 15 is 0 Å². The summed E-state index contributed by atoms with van der Waals surface area (Å²) >= 11 is 0. The molecule has 0 aliphatic carbocycles. The van der Waals surface area contributed by atoms with Gasteiger partial charge in [-0.3, -0.25) is 4.79 Å². The predicted molar refractivity (Wildman–Crippen MR) is 72.7 cm³/mol. The lowest BCUT2D eigenvalue weighted by Crippen LogP contribution is -2.60. The van der Waals surface area contributed by atoms with Gasteiger partial charge in [-0.2, -0.15) is 0 Å². The molecule has 2 heterocycles. The fraction of sp³-hybridized carbons (Fsp3) is 0.909. The number of halogens is 1. The third-order valence-corrected chi connectivity index (χ3v) is 5.33. The van der Waals surface area contributed by atoms with E-state index in [1.54, 1.807) is 4.90 Å². The van der Waals surface area contributed by atoms with Gasteiger partial charge in [0, 0.05) is 13.1 Å². The summed E-state index contributed by atoms with van der Waals surface area (Å²) in [5, 5.41) is 3.27. The number of hydrogen-bond acceptors (Lipinski definition) is 4. The molecule has 0 radical (unpaired) electrons. The van der Waals surface area contributed by atoms with E-state index in [-0.39, 0.29) is 29.8 Å². The second-order valence-corrected chi connectivity index (χ2v) is 7.46. The van der Waals surface area contributed by atoms with E-state index < -0.39 is 15.4 Å². The molecule has 0 aromatic carbocycles. The fourth-order valence-electron chi connectivity index (χ4n) is 2.50. The van der Waals surface area contributed by atoms with Gasteiger partial charge in [0.25, 0.3) is 0 Å². The average Bonchev–Trinajstić information content (AvgIpc) is 2.29. The van der Waals surface area contributed by atoms with Crippen molar-refractivity contribution >= 4 is 28.2 Å². The maximum atomic E-state index is 12.4. The summed E-state index contributed by atoms with van der Waals surface area (Å²) in [5.41, 5.74) is -0.487. The highest BCUT2D eigenvalue weighted by Crippen LogP contribution is 2.22. The topological polar surface area (TPSA) is 66.5 Å². The summed E-state index contributed by atoms with van der Waals surface area (Å²) < 4.78 is 22.6. The molecule has 1 N–H and O–H groups in total. The van der Waals surface area contributed by atoms with Crippen LogP contribution < -0.4 is 5.32 Å². The van der Waals surface area contributed by atoms with Gasteiger partial charge in [-0.05, 0) is 32.7 Å². The van der Waals surface area contributed by atoms with Crippen LogP contribution in [0.25, 0.3) is 0 Å². The van der Waals surface area contributed by atoms with Crippen molar-refractivity contribution in [3.05, 3.63) is 0 Å². The van der Waals surface area contributed by atoms with Crippen LogP contribution in [0.4, 0.5) is 0 Å². The molecule has 7 heteroatoms. The number of rotatable bonds is 1. The van der Waals surface area contributed by atoms with E-state index in [9.17, 15) is 13.2 Å². The van der Waals surface area contributed by atoms with Gasteiger partial charge in [0.05, 0.1) is 17.0 Å². The lowest BCUT2D eigenvalue weighted by Gasteiger charge is -2.39. The van der Waals surface area contributed by atoms with Gasteiger partial charge < -0.3 is 10.2 Å². The van der Waals surface area contributed by atoms with Crippen LogP contribution in [0.15, 0.2) is 0 Å². The van der Waals surface area contributed by atoms with Crippen LogP contribution >= 0.6 is 12.4 Å². The van der Waals surface area contributed by atoms with Crippen LogP contribution in [0.1, 0.15) is 26.2 Å². The number of piperidine rings is 1. The Morgan fingerprint density at radius 1 is 1.22 bits per heavy atom. The van der Waals surface area contributed by atoms with Crippen molar-refractivity contribution in [3.8, 4) is 0 Å². The molecule has 2 fully saturated rings. The number of hydrogen-bond donors (Lipinski definition) is 1. The molecule has 18 heavy (non-hydrogen) atoms. The lowest BCUT2D eigenvalue weighted by molar-refractivity contribution is -0.138. The first-order valence-electron chi connectivity index (χ1n) is 6.18. The Hall–Kier alpha value is -0.330. The minimum absolute atomic E-state index is 0. The van der Waals surface area contributed by atoms with Gasteiger partial charge in [-0.25, -0.2) is 8.42 Å². The Balaban J connectivity index is 0.00000162. The van der Waals surface area contributed by atoms with Crippen molar-refractivity contribution in [1.29, 1.82) is 0 Å². The first-order chi connectivity index (χ1) is 7.93.